The fourth-order valence-corrected chi connectivity index (χ4v) is 3.66. The summed E-state index contributed by atoms with van der Waals surface area (Å²) in [5, 5.41) is 18.4. The van der Waals surface area contributed by atoms with Crippen molar-refractivity contribution >= 4 is 23.3 Å². The van der Waals surface area contributed by atoms with Gasteiger partial charge in [0.1, 0.15) is 5.76 Å². The van der Waals surface area contributed by atoms with Gasteiger partial charge < -0.3 is 10.5 Å². The molecule has 3 nitrogen and oxygen atoms in total. The van der Waals surface area contributed by atoms with Crippen molar-refractivity contribution < 1.29 is 9.90 Å². The van der Waals surface area contributed by atoms with Crippen LogP contribution in [0.15, 0.2) is 11.3 Å². The molecule has 0 saturated heterocycles. The van der Waals surface area contributed by atoms with Gasteiger partial charge in [0.05, 0.1) is 5.57 Å². The molecule has 2 N–H and O–H groups in total. The Hall–Kier alpha value is -0.770. The summed E-state index contributed by atoms with van der Waals surface area (Å²) in [6.45, 7) is 6.28. The summed E-state index contributed by atoms with van der Waals surface area (Å²) in [4.78, 5) is 12.1. The van der Waals surface area contributed by atoms with E-state index >= 15 is 0 Å². The zero-order valence-corrected chi connectivity index (χ0v) is 13.0. The van der Waals surface area contributed by atoms with E-state index in [1.807, 2.05) is 18.7 Å². The van der Waals surface area contributed by atoms with Gasteiger partial charge in [-0.1, -0.05) is 20.8 Å². The van der Waals surface area contributed by atoms with Crippen LogP contribution in [0, 0.1) is 11.3 Å². The third kappa shape index (κ3) is 4.68. The summed E-state index contributed by atoms with van der Waals surface area (Å²) < 4.78 is 0. The molecule has 0 heterocycles. The Balaban J connectivity index is 2.69. The second-order valence-electron chi connectivity index (χ2n) is 5.25. The molecule has 1 aliphatic carbocycles. The molecular weight excluding hydrogens is 258 g/mol. The lowest BCUT2D eigenvalue weighted by Gasteiger charge is -2.26. The standard InChI is InChI=1S/C15H25NO2S/c1-4-6-13(17)15-12(16)8-11(9-14(15)18)7-10(3)19-5-2/h10-11,16-17H,4-9H2,1-3H3/t10-,11-/m1/s1. The number of thioether (sulfide) groups is 1. The molecule has 1 fully saturated rings. The number of Topliss-reactive ketones (excluding diaryl/α,β-unsaturated/α-hetero) is 1. The number of ketones is 1. The SMILES string of the molecule is CCCC(O)=C1C(=N)C[C@@H](C[C@@H](C)SCC)CC1=O. The molecule has 0 aromatic rings. The molecule has 1 saturated carbocycles. The molecule has 4 heteroatoms. The zero-order chi connectivity index (χ0) is 14.4. The predicted molar refractivity (Wildman–Crippen MR) is 82.2 cm³/mol. The summed E-state index contributed by atoms with van der Waals surface area (Å²) in [5.41, 5.74) is 0.634. The first-order valence-corrected chi connectivity index (χ1v) is 8.19. The topological polar surface area (TPSA) is 61.1 Å². The van der Waals surface area contributed by atoms with Gasteiger partial charge >= 0.3 is 0 Å². The molecule has 2 atom stereocenters. The van der Waals surface area contributed by atoms with Crippen molar-refractivity contribution in [3.8, 4) is 0 Å². The molecule has 0 radical (unpaired) electrons. The Morgan fingerprint density at radius 3 is 2.68 bits per heavy atom. The molecule has 108 valence electrons. The number of carbonyl (C=O) groups excluding carboxylic acids is 1. The number of carbonyl (C=O) groups is 1. The Kier molecular flexibility index (Phi) is 6.63. The molecule has 0 spiro atoms. The van der Waals surface area contributed by atoms with Crippen LogP contribution in [0.4, 0.5) is 0 Å². The maximum atomic E-state index is 12.1. The minimum atomic E-state index is -0.0408. The van der Waals surface area contributed by atoms with E-state index < -0.39 is 0 Å². The van der Waals surface area contributed by atoms with E-state index in [0.29, 0.717) is 35.8 Å². The normalized spacial score (nSPS) is 24.5. The zero-order valence-electron chi connectivity index (χ0n) is 12.2. The van der Waals surface area contributed by atoms with Crippen LogP contribution in [0.1, 0.15) is 52.9 Å². The number of allylic oxidation sites excluding steroid dienone is 2. The average molecular weight is 283 g/mol. The lowest BCUT2D eigenvalue weighted by molar-refractivity contribution is -0.116. The van der Waals surface area contributed by atoms with Crippen molar-refractivity contribution in [2.75, 3.05) is 5.75 Å². The van der Waals surface area contributed by atoms with Crippen molar-refractivity contribution in [2.45, 2.75) is 58.1 Å². The molecule has 0 aliphatic heterocycles. The summed E-state index contributed by atoms with van der Waals surface area (Å²) in [6, 6.07) is 0. The highest BCUT2D eigenvalue weighted by molar-refractivity contribution is 7.99. The first-order chi connectivity index (χ1) is 8.99. The van der Waals surface area contributed by atoms with Gasteiger partial charge in [-0.25, -0.2) is 0 Å². The number of aliphatic hydroxyl groups excluding tert-OH is 1. The average Bonchev–Trinajstić information content (AvgIpc) is 2.28. The molecule has 0 aromatic heterocycles. The van der Waals surface area contributed by atoms with E-state index in [2.05, 4.69) is 13.8 Å². The number of rotatable bonds is 6. The molecule has 1 aliphatic rings. The second kappa shape index (κ2) is 7.73. The summed E-state index contributed by atoms with van der Waals surface area (Å²) in [5.74, 6) is 1.43. The summed E-state index contributed by atoms with van der Waals surface area (Å²) in [7, 11) is 0. The van der Waals surface area contributed by atoms with Crippen LogP contribution in [0.2, 0.25) is 0 Å². The molecule has 0 amide bonds. The summed E-state index contributed by atoms with van der Waals surface area (Å²) >= 11 is 1.90. The molecule has 0 bridgehead atoms. The fraction of sp³-hybridized carbons (Fsp3) is 0.733. The van der Waals surface area contributed by atoms with Gasteiger partial charge in [-0.3, -0.25) is 4.79 Å². The quantitative estimate of drug-likeness (QED) is 0.569. The van der Waals surface area contributed by atoms with Gasteiger partial charge in [0, 0.05) is 23.8 Å². The van der Waals surface area contributed by atoms with Gasteiger partial charge in [-0.05, 0) is 30.9 Å². The third-order valence-corrected chi connectivity index (χ3v) is 4.53. The van der Waals surface area contributed by atoms with Crippen LogP contribution in [0.3, 0.4) is 0 Å². The van der Waals surface area contributed by atoms with Crippen LogP contribution < -0.4 is 0 Å². The van der Waals surface area contributed by atoms with E-state index in [0.717, 1.165) is 18.6 Å². The van der Waals surface area contributed by atoms with Gasteiger partial charge in [0.25, 0.3) is 0 Å². The van der Waals surface area contributed by atoms with Crippen molar-refractivity contribution in [1.29, 1.82) is 5.41 Å². The van der Waals surface area contributed by atoms with Crippen molar-refractivity contribution in [1.82, 2.24) is 0 Å². The third-order valence-electron chi connectivity index (χ3n) is 3.44. The number of aliphatic hydroxyl groups is 1. The van der Waals surface area contributed by atoms with Crippen molar-refractivity contribution in [3.63, 3.8) is 0 Å². The Morgan fingerprint density at radius 2 is 2.16 bits per heavy atom. The Morgan fingerprint density at radius 1 is 1.47 bits per heavy atom. The maximum Gasteiger partial charge on any atom is 0.168 e. The minimum Gasteiger partial charge on any atom is -0.511 e. The van der Waals surface area contributed by atoms with Gasteiger partial charge in [0.15, 0.2) is 5.78 Å². The van der Waals surface area contributed by atoms with E-state index in [-0.39, 0.29) is 17.5 Å². The first kappa shape index (κ1) is 16.3. The van der Waals surface area contributed by atoms with Crippen LogP contribution in [0.25, 0.3) is 0 Å². The molecule has 1 rings (SSSR count). The predicted octanol–water partition coefficient (Wildman–Crippen LogP) is 4.13. The fourth-order valence-electron chi connectivity index (χ4n) is 2.68. The molecule has 0 aromatic carbocycles. The lowest BCUT2D eigenvalue weighted by Crippen LogP contribution is -2.28. The van der Waals surface area contributed by atoms with Crippen LogP contribution in [0.5, 0.6) is 0 Å². The smallest absolute Gasteiger partial charge is 0.168 e. The number of hydrogen-bond acceptors (Lipinski definition) is 4. The Labute approximate surface area is 120 Å². The van der Waals surface area contributed by atoms with Gasteiger partial charge in [0.2, 0.25) is 0 Å². The molecule has 0 unspecified atom stereocenters. The van der Waals surface area contributed by atoms with E-state index in [4.69, 9.17) is 5.41 Å². The summed E-state index contributed by atoms with van der Waals surface area (Å²) in [6.07, 6.45) is 3.39. The van der Waals surface area contributed by atoms with Crippen LogP contribution >= 0.6 is 11.8 Å². The van der Waals surface area contributed by atoms with Gasteiger partial charge in [-0.15, -0.1) is 0 Å². The van der Waals surface area contributed by atoms with E-state index in [1.165, 1.54) is 0 Å². The largest absolute Gasteiger partial charge is 0.511 e. The second-order valence-corrected chi connectivity index (χ2v) is 6.96. The van der Waals surface area contributed by atoms with Crippen LogP contribution in [-0.2, 0) is 4.79 Å². The van der Waals surface area contributed by atoms with E-state index in [9.17, 15) is 9.90 Å². The first-order valence-electron chi connectivity index (χ1n) is 7.14. The van der Waals surface area contributed by atoms with Gasteiger partial charge in [-0.2, -0.15) is 11.8 Å². The lowest BCUT2D eigenvalue weighted by atomic mass is 9.80. The number of nitrogens with one attached hydrogen (secondary N) is 1. The number of hydrogen-bond donors (Lipinski definition) is 2. The molecular formula is C15H25NO2S. The highest BCUT2D eigenvalue weighted by Crippen LogP contribution is 2.31. The van der Waals surface area contributed by atoms with E-state index in [1.54, 1.807) is 0 Å². The highest BCUT2D eigenvalue weighted by Gasteiger charge is 2.31. The van der Waals surface area contributed by atoms with Crippen molar-refractivity contribution in [3.05, 3.63) is 11.3 Å². The Bertz CT molecular complexity index is 356. The molecule has 19 heavy (non-hydrogen) atoms. The maximum absolute atomic E-state index is 12.1. The van der Waals surface area contributed by atoms with Crippen molar-refractivity contribution in [2.24, 2.45) is 5.92 Å². The highest BCUT2D eigenvalue weighted by atomic mass is 32.2. The van der Waals surface area contributed by atoms with Crippen LogP contribution in [-0.4, -0.2) is 27.6 Å². The monoisotopic (exact) mass is 283 g/mol. The minimum absolute atomic E-state index is 0.0408.